The third-order valence-electron chi connectivity index (χ3n) is 5.15. The minimum absolute atomic E-state index is 0.607. The molecule has 22 heavy (non-hydrogen) atoms. The van der Waals surface area contributed by atoms with Crippen molar-refractivity contribution in [3.8, 4) is 6.07 Å². The molecule has 2 bridgehead atoms. The molecule has 0 spiro atoms. The molecule has 3 heteroatoms. The van der Waals surface area contributed by atoms with E-state index in [1.807, 2.05) is 12.1 Å². The van der Waals surface area contributed by atoms with E-state index in [-0.39, 0.29) is 0 Å². The van der Waals surface area contributed by atoms with Crippen molar-refractivity contribution < 1.29 is 0 Å². The maximum atomic E-state index is 9.26. The molecule has 4 rings (SSSR count). The normalized spacial score (nSPS) is 24.5. The van der Waals surface area contributed by atoms with Gasteiger partial charge in [-0.25, -0.2) is 0 Å². The van der Waals surface area contributed by atoms with E-state index in [2.05, 4.69) is 41.1 Å². The molecule has 3 nitrogen and oxygen atoms in total. The average molecular weight is 291 g/mol. The zero-order valence-corrected chi connectivity index (χ0v) is 13.0. The second-order valence-electron chi connectivity index (χ2n) is 6.49. The predicted octanol–water partition coefficient (Wildman–Crippen LogP) is 4.07. The first-order valence-electron chi connectivity index (χ1n) is 8.29. The lowest BCUT2D eigenvalue weighted by atomic mass is 9.98. The second-order valence-corrected chi connectivity index (χ2v) is 6.49. The molecule has 1 N–H and O–H groups in total. The molecule has 2 aliphatic rings. The van der Waals surface area contributed by atoms with Gasteiger partial charge in [0.05, 0.1) is 11.6 Å². The Labute approximate surface area is 131 Å². The Morgan fingerprint density at radius 2 is 2.27 bits per heavy atom. The van der Waals surface area contributed by atoms with Gasteiger partial charge in [0.15, 0.2) is 0 Å². The Morgan fingerprint density at radius 3 is 3.05 bits per heavy atom. The first kappa shape index (κ1) is 13.6. The van der Waals surface area contributed by atoms with Crippen LogP contribution in [0.15, 0.2) is 30.3 Å². The standard InChI is InChI=1S/C19H21N3/c1-2-8-22-15-6-7-16(22)10-14(9-15)19-11-17-13(12-20)4-3-5-18(17)21-19/h3-5,9,11,15-16,21H,2,6-8,10H2,1H3. The minimum atomic E-state index is 0.607. The van der Waals surface area contributed by atoms with Crippen LogP contribution < -0.4 is 0 Å². The Balaban J connectivity index is 1.72. The summed E-state index contributed by atoms with van der Waals surface area (Å²) in [5.74, 6) is 0. The van der Waals surface area contributed by atoms with Gasteiger partial charge in [0, 0.05) is 28.7 Å². The van der Waals surface area contributed by atoms with Crippen molar-refractivity contribution in [3.05, 3.63) is 41.6 Å². The quantitative estimate of drug-likeness (QED) is 0.926. The number of rotatable bonds is 3. The molecule has 0 saturated carbocycles. The third kappa shape index (κ3) is 2.07. The van der Waals surface area contributed by atoms with E-state index >= 15 is 0 Å². The first-order valence-corrected chi connectivity index (χ1v) is 8.29. The molecular weight excluding hydrogens is 270 g/mol. The largest absolute Gasteiger partial charge is 0.355 e. The summed E-state index contributed by atoms with van der Waals surface area (Å²) >= 11 is 0. The molecule has 3 heterocycles. The summed E-state index contributed by atoms with van der Waals surface area (Å²) in [7, 11) is 0. The molecule has 1 aromatic heterocycles. The number of fused-ring (bicyclic) bond motifs is 3. The van der Waals surface area contributed by atoms with Crippen LogP contribution in [0.1, 0.15) is 43.9 Å². The van der Waals surface area contributed by atoms with Crippen molar-refractivity contribution >= 4 is 16.5 Å². The minimum Gasteiger partial charge on any atom is -0.355 e. The Hall–Kier alpha value is -2.05. The number of nitriles is 1. The fourth-order valence-corrected chi connectivity index (χ4v) is 4.15. The lowest BCUT2D eigenvalue weighted by Crippen LogP contribution is -2.38. The van der Waals surface area contributed by atoms with Crippen molar-refractivity contribution in [2.24, 2.45) is 0 Å². The van der Waals surface area contributed by atoms with Gasteiger partial charge >= 0.3 is 0 Å². The van der Waals surface area contributed by atoms with Gasteiger partial charge in [-0.2, -0.15) is 5.26 Å². The fraction of sp³-hybridized carbons (Fsp3) is 0.421. The van der Waals surface area contributed by atoms with Crippen molar-refractivity contribution in [1.29, 1.82) is 5.26 Å². The molecule has 2 atom stereocenters. The van der Waals surface area contributed by atoms with Gasteiger partial charge in [-0.05, 0) is 56.0 Å². The monoisotopic (exact) mass is 291 g/mol. The Kier molecular flexibility index (Phi) is 3.28. The van der Waals surface area contributed by atoms with Crippen LogP contribution in [0.5, 0.6) is 0 Å². The van der Waals surface area contributed by atoms with E-state index in [4.69, 9.17) is 0 Å². The number of nitrogens with one attached hydrogen (secondary N) is 1. The van der Waals surface area contributed by atoms with Gasteiger partial charge in [-0.15, -0.1) is 0 Å². The summed E-state index contributed by atoms with van der Waals surface area (Å²) in [4.78, 5) is 6.19. The predicted molar refractivity (Wildman–Crippen MR) is 89.4 cm³/mol. The molecule has 1 saturated heterocycles. The summed E-state index contributed by atoms with van der Waals surface area (Å²) in [6, 6.07) is 11.7. The molecule has 1 fully saturated rings. The highest BCUT2D eigenvalue weighted by Gasteiger charge is 2.36. The summed E-state index contributed by atoms with van der Waals surface area (Å²) in [6.07, 6.45) is 7.42. The maximum absolute atomic E-state index is 9.26. The topological polar surface area (TPSA) is 42.8 Å². The van der Waals surface area contributed by atoms with Crippen LogP contribution in [0.3, 0.4) is 0 Å². The highest BCUT2D eigenvalue weighted by Crippen LogP contribution is 2.39. The van der Waals surface area contributed by atoms with Gasteiger partial charge in [0.25, 0.3) is 0 Å². The van der Waals surface area contributed by atoms with Gasteiger partial charge in [0.2, 0.25) is 0 Å². The number of aromatic nitrogens is 1. The fourth-order valence-electron chi connectivity index (χ4n) is 4.15. The smallest absolute Gasteiger partial charge is 0.0998 e. The van der Waals surface area contributed by atoms with E-state index in [9.17, 15) is 5.26 Å². The number of H-pyrrole nitrogens is 1. The number of hydrogen-bond acceptors (Lipinski definition) is 2. The first-order chi connectivity index (χ1) is 10.8. The van der Waals surface area contributed by atoms with Gasteiger partial charge in [0.1, 0.15) is 0 Å². The van der Waals surface area contributed by atoms with Crippen LogP contribution >= 0.6 is 0 Å². The second kappa shape index (κ2) is 5.30. The number of aromatic amines is 1. The van der Waals surface area contributed by atoms with E-state index in [0.717, 1.165) is 22.9 Å². The summed E-state index contributed by atoms with van der Waals surface area (Å²) in [5.41, 5.74) is 4.45. The molecule has 2 unspecified atom stereocenters. The van der Waals surface area contributed by atoms with Crippen LogP contribution in [-0.2, 0) is 0 Å². The van der Waals surface area contributed by atoms with Gasteiger partial charge < -0.3 is 4.98 Å². The Bertz CT molecular complexity index is 778. The molecule has 1 aromatic carbocycles. The van der Waals surface area contributed by atoms with Crippen molar-refractivity contribution in [3.63, 3.8) is 0 Å². The van der Waals surface area contributed by atoms with Gasteiger partial charge in [-0.3, -0.25) is 4.90 Å². The van der Waals surface area contributed by atoms with Crippen LogP contribution in [0, 0.1) is 11.3 Å². The molecule has 2 aromatic rings. The van der Waals surface area contributed by atoms with Gasteiger partial charge in [-0.1, -0.05) is 19.1 Å². The third-order valence-corrected chi connectivity index (χ3v) is 5.15. The molecule has 0 amide bonds. The number of nitrogens with zero attached hydrogens (tertiary/aromatic N) is 2. The van der Waals surface area contributed by atoms with Crippen molar-refractivity contribution in [2.75, 3.05) is 6.54 Å². The van der Waals surface area contributed by atoms with Crippen LogP contribution in [-0.4, -0.2) is 28.5 Å². The summed E-state index contributed by atoms with van der Waals surface area (Å²) in [6.45, 7) is 3.48. The highest BCUT2D eigenvalue weighted by molar-refractivity contribution is 5.89. The van der Waals surface area contributed by atoms with E-state index < -0.39 is 0 Å². The van der Waals surface area contributed by atoms with Crippen LogP contribution in [0.2, 0.25) is 0 Å². The highest BCUT2D eigenvalue weighted by atomic mass is 15.2. The summed E-state index contributed by atoms with van der Waals surface area (Å²) < 4.78 is 0. The van der Waals surface area contributed by atoms with E-state index in [1.165, 1.54) is 37.1 Å². The number of benzene rings is 1. The van der Waals surface area contributed by atoms with Crippen LogP contribution in [0.4, 0.5) is 0 Å². The summed E-state index contributed by atoms with van der Waals surface area (Å²) in [5, 5.41) is 10.3. The SMILES string of the molecule is CCCN1C2C=C(c3cc4c(C#N)cccc4[nH]3)CC1CC2. The average Bonchev–Trinajstić information content (AvgIpc) is 3.06. The lowest BCUT2D eigenvalue weighted by molar-refractivity contribution is 0.213. The lowest BCUT2D eigenvalue weighted by Gasteiger charge is -2.33. The Morgan fingerprint density at radius 1 is 1.36 bits per heavy atom. The van der Waals surface area contributed by atoms with Crippen molar-refractivity contribution in [1.82, 2.24) is 9.88 Å². The molecular formula is C19H21N3. The molecule has 2 aliphatic heterocycles. The number of hydrogen-bond donors (Lipinski definition) is 1. The van der Waals surface area contributed by atoms with Crippen molar-refractivity contribution in [2.45, 2.75) is 44.7 Å². The zero-order chi connectivity index (χ0) is 15.1. The molecule has 112 valence electrons. The molecule has 0 radical (unpaired) electrons. The molecule has 0 aliphatic carbocycles. The zero-order valence-electron chi connectivity index (χ0n) is 13.0. The van der Waals surface area contributed by atoms with E-state index in [1.54, 1.807) is 0 Å². The maximum Gasteiger partial charge on any atom is 0.0998 e. The van der Waals surface area contributed by atoms with E-state index in [0.29, 0.717) is 12.1 Å². The van der Waals surface area contributed by atoms with Crippen LogP contribution in [0.25, 0.3) is 16.5 Å².